The van der Waals surface area contributed by atoms with Crippen LogP contribution in [0.1, 0.15) is 19.8 Å². The van der Waals surface area contributed by atoms with Gasteiger partial charge in [-0.25, -0.2) is 4.79 Å². The molecular formula is C16H31N3O3. The molecule has 22 heavy (non-hydrogen) atoms. The predicted molar refractivity (Wildman–Crippen MR) is 90.4 cm³/mol. The van der Waals surface area contributed by atoms with Crippen LogP contribution in [-0.4, -0.2) is 69.6 Å². The molecule has 0 bridgehead atoms. The molecule has 0 aromatic rings. The summed E-state index contributed by atoms with van der Waals surface area (Å²) in [5.41, 5.74) is 5.97. The molecular weight excluding hydrogens is 282 g/mol. The first kappa shape index (κ1) is 22.6. The Labute approximate surface area is 134 Å². The number of ether oxygens (including phenoxy) is 1. The predicted octanol–water partition coefficient (Wildman–Crippen LogP) is 1.04. The molecule has 1 amide bonds. The van der Waals surface area contributed by atoms with E-state index in [9.17, 15) is 9.59 Å². The fraction of sp³-hybridized carbons (Fsp3) is 0.625. The van der Waals surface area contributed by atoms with Crippen molar-refractivity contribution >= 4 is 11.9 Å². The lowest BCUT2D eigenvalue weighted by molar-refractivity contribution is -0.139. The number of esters is 1. The van der Waals surface area contributed by atoms with Crippen molar-refractivity contribution in [1.29, 1.82) is 0 Å². The highest BCUT2D eigenvalue weighted by Crippen LogP contribution is 2.00. The molecule has 0 aliphatic heterocycles. The quantitative estimate of drug-likeness (QED) is 0.508. The molecule has 0 aromatic carbocycles. The van der Waals surface area contributed by atoms with Crippen LogP contribution in [0, 0.1) is 0 Å². The Kier molecular flexibility index (Phi) is 13.4. The zero-order valence-corrected chi connectivity index (χ0v) is 14.6. The van der Waals surface area contributed by atoms with E-state index < -0.39 is 0 Å². The second-order valence-corrected chi connectivity index (χ2v) is 5.59. The Morgan fingerprint density at radius 3 is 1.91 bits per heavy atom. The van der Waals surface area contributed by atoms with E-state index in [4.69, 9.17) is 10.5 Å². The van der Waals surface area contributed by atoms with Gasteiger partial charge in [-0.3, -0.25) is 4.79 Å². The van der Waals surface area contributed by atoms with Crippen molar-refractivity contribution in [2.24, 2.45) is 5.73 Å². The van der Waals surface area contributed by atoms with Gasteiger partial charge in [0.25, 0.3) is 0 Å². The molecule has 0 unspecified atom stereocenters. The highest BCUT2D eigenvalue weighted by molar-refractivity contribution is 5.91. The molecule has 0 spiro atoms. The summed E-state index contributed by atoms with van der Waals surface area (Å²) < 4.78 is 4.83. The van der Waals surface area contributed by atoms with Gasteiger partial charge >= 0.3 is 5.97 Å². The van der Waals surface area contributed by atoms with Gasteiger partial charge in [0.1, 0.15) is 6.61 Å². The van der Waals surface area contributed by atoms with Crippen molar-refractivity contribution in [3.63, 3.8) is 0 Å². The smallest absolute Gasteiger partial charge is 0.333 e. The number of rotatable bonds is 9. The second kappa shape index (κ2) is 13.0. The van der Waals surface area contributed by atoms with Crippen LogP contribution in [0.3, 0.4) is 0 Å². The van der Waals surface area contributed by atoms with Crippen molar-refractivity contribution in [3.8, 4) is 0 Å². The fourth-order valence-electron chi connectivity index (χ4n) is 1.18. The Balaban J connectivity index is 0. The van der Waals surface area contributed by atoms with Crippen molar-refractivity contribution < 1.29 is 14.3 Å². The van der Waals surface area contributed by atoms with Gasteiger partial charge in [0, 0.05) is 17.7 Å². The average molecular weight is 313 g/mol. The van der Waals surface area contributed by atoms with Crippen LogP contribution in [0.15, 0.2) is 24.3 Å². The Morgan fingerprint density at radius 2 is 1.55 bits per heavy atom. The number of likely N-dealkylation sites (N-methyl/N-ethyl adjacent to an activating group) is 1. The van der Waals surface area contributed by atoms with Gasteiger partial charge in [0.05, 0.1) is 0 Å². The molecule has 0 atom stereocenters. The summed E-state index contributed by atoms with van der Waals surface area (Å²) in [6.07, 6.45) is 1.64. The molecule has 0 aliphatic rings. The third-order valence-corrected chi connectivity index (χ3v) is 2.55. The number of amides is 1. The van der Waals surface area contributed by atoms with Gasteiger partial charge in [-0.05, 0) is 54.5 Å². The first-order valence-electron chi connectivity index (χ1n) is 7.17. The lowest BCUT2D eigenvalue weighted by Crippen LogP contribution is -2.20. The highest BCUT2D eigenvalue weighted by Gasteiger charge is 2.02. The topological polar surface area (TPSA) is 75.9 Å². The molecule has 0 saturated heterocycles. The van der Waals surface area contributed by atoms with Gasteiger partial charge in [0.2, 0.25) is 5.91 Å². The average Bonchev–Trinajstić information content (AvgIpc) is 2.38. The summed E-state index contributed by atoms with van der Waals surface area (Å²) >= 11 is 0. The van der Waals surface area contributed by atoms with Crippen LogP contribution < -0.4 is 5.73 Å². The summed E-state index contributed by atoms with van der Waals surface area (Å²) in [4.78, 5) is 25.3. The minimum Gasteiger partial charge on any atom is -0.461 e. The number of hydrogen-bond donors (Lipinski definition) is 1. The molecule has 0 saturated carbocycles. The Bertz CT molecular complexity index is 341. The summed E-state index contributed by atoms with van der Waals surface area (Å²) in [5.74, 6) is -0.699. The number of carbonyl (C=O) groups excluding carboxylic acids is 2. The van der Waals surface area contributed by atoms with E-state index in [1.54, 1.807) is 6.92 Å². The van der Waals surface area contributed by atoms with Gasteiger partial charge in [-0.1, -0.05) is 13.2 Å². The van der Waals surface area contributed by atoms with Crippen molar-refractivity contribution in [2.45, 2.75) is 19.8 Å². The van der Waals surface area contributed by atoms with E-state index in [1.165, 1.54) is 0 Å². The molecule has 0 heterocycles. The lowest BCUT2D eigenvalue weighted by Gasteiger charge is -2.09. The zero-order valence-electron chi connectivity index (χ0n) is 14.6. The molecule has 0 fully saturated rings. The number of carbonyl (C=O) groups is 2. The van der Waals surface area contributed by atoms with Crippen molar-refractivity contribution in [1.82, 2.24) is 9.80 Å². The molecule has 0 aromatic heterocycles. The maximum Gasteiger partial charge on any atom is 0.333 e. The highest BCUT2D eigenvalue weighted by atomic mass is 16.5. The minimum atomic E-state index is -0.385. The van der Waals surface area contributed by atoms with Gasteiger partial charge in [-0.15, -0.1) is 0 Å². The maximum absolute atomic E-state index is 10.8. The number of hydrogen-bond acceptors (Lipinski definition) is 5. The summed E-state index contributed by atoms with van der Waals surface area (Å²) in [6, 6.07) is 0. The Morgan fingerprint density at radius 1 is 1.05 bits per heavy atom. The number of nitrogens with two attached hydrogens (primary N) is 1. The van der Waals surface area contributed by atoms with Crippen molar-refractivity contribution in [3.05, 3.63) is 24.3 Å². The molecule has 0 aliphatic carbocycles. The van der Waals surface area contributed by atoms with Crippen LogP contribution >= 0.6 is 0 Å². The van der Waals surface area contributed by atoms with E-state index in [0.29, 0.717) is 24.2 Å². The molecule has 0 rings (SSSR count). The molecule has 6 nitrogen and oxygen atoms in total. The second-order valence-electron chi connectivity index (χ2n) is 5.59. The van der Waals surface area contributed by atoms with Crippen LogP contribution in [0.5, 0.6) is 0 Å². The zero-order chi connectivity index (χ0) is 17.7. The maximum atomic E-state index is 10.8. The fourth-order valence-corrected chi connectivity index (χ4v) is 1.18. The first-order chi connectivity index (χ1) is 10.1. The van der Waals surface area contributed by atoms with Crippen LogP contribution in [0.4, 0.5) is 0 Å². The van der Waals surface area contributed by atoms with Crippen LogP contribution in [0.2, 0.25) is 0 Å². The third kappa shape index (κ3) is 16.4. The monoisotopic (exact) mass is 313 g/mol. The number of nitrogens with zero attached hydrogens (tertiary/aromatic N) is 2. The van der Waals surface area contributed by atoms with E-state index in [0.717, 1.165) is 19.5 Å². The van der Waals surface area contributed by atoms with Crippen LogP contribution in [-0.2, 0) is 14.3 Å². The van der Waals surface area contributed by atoms with Gasteiger partial charge < -0.3 is 20.3 Å². The SMILES string of the molecule is C=C(C)C(=O)OCCN(C)C.C=C(CCCN(C)C)C(N)=O. The molecule has 2 N–H and O–H groups in total. The minimum absolute atomic E-state index is 0.313. The van der Waals surface area contributed by atoms with E-state index in [1.807, 2.05) is 33.1 Å². The van der Waals surface area contributed by atoms with Gasteiger partial charge in [0.15, 0.2) is 0 Å². The largest absolute Gasteiger partial charge is 0.461 e. The summed E-state index contributed by atoms with van der Waals surface area (Å²) in [5, 5.41) is 0. The normalized spacial score (nSPS) is 9.95. The van der Waals surface area contributed by atoms with Crippen LogP contribution in [0.25, 0.3) is 0 Å². The molecule has 128 valence electrons. The first-order valence-corrected chi connectivity index (χ1v) is 7.17. The van der Waals surface area contributed by atoms with Crippen molar-refractivity contribution in [2.75, 3.05) is 47.9 Å². The Hall–Kier alpha value is -1.66. The van der Waals surface area contributed by atoms with E-state index in [2.05, 4.69) is 18.1 Å². The van der Waals surface area contributed by atoms with Gasteiger partial charge in [-0.2, -0.15) is 0 Å². The summed E-state index contributed by atoms with van der Waals surface area (Å²) in [6.45, 7) is 10.8. The standard InChI is InChI=1S/C8H16N2O.C8H15NO2/c1-7(8(9)11)5-4-6-10(2)3;1-7(2)8(10)11-6-5-9(3)4/h1,4-6H2,2-3H3,(H2,9,11);1,5-6H2,2-4H3. The van der Waals surface area contributed by atoms with E-state index >= 15 is 0 Å². The third-order valence-electron chi connectivity index (χ3n) is 2.55. The van der Waals surface area contributed by atoms with E-state index in [-0.39, 0.29) is 11.9 Å². The number of primary amides is 1. The lowest BCUT2D eigenvalue weighted by atomic mass is 10.1. The molecule has 6 heteroatoms. The molecule has 0 radical (unpaired) electrons. The summed E-state index contributed by atoms with van der Waals surface area (Å²) in [7, 11) is 7.84.